The average Bonchev–Trinajstić information content (AvgIpc) is 3.30. The van der Waals surface area contributed by atoms with Gasteiger partial charge in [-0.2, -0.15) is 5.10 Å². The Kier molecular flexibility index (Phi) is 6.94. The molecule has 39 heavy (non-hydrogen) atoms. The Bertz CT molecular complexity index is 1440. The molecule has 0 unspecified atom stereocenters. The number of alkyl halides is 1. The van der Waals surface area contributed by atoms with Crippen LogP contribution in [0.1, 0.15) is 45.2 Å². The predicted molar refractivity (Wildman–Crippen MR) is 138 cm³/mol. The summed E-state index contributed by atoms with van der Waals surface area (Å²) >= 11 is 0. The smallest absolute Gasteiger partial charge is 0.255 e. The number of hydrogen-bond donors (Lipinski definition) is 3. The summed E-state index contributed by atoms with van der Waals surface area (Å²) in [6.07, 6.45) is -0.244. The van der Waals surface area contributed by atoms with Crippen molar-refractivity contribution in [2.75, 3.05) is 25.9 Å². The van der Waals surface area contributed by atoms with Crippen LogP contribution in [0.3, 0.4) is 0 Å². The van der Waals surface area contributed by atoms with E-state index in [1.54, 1.807) is 29.2 Å². The van der Waals surface area contributed by atoms with E-state index in [0.29, 0.717) is 30.8 Å². The maximum absolute atomic E-state index is 13.6. The first-order valence-corrected chi connectivity index (χ1v) is 12.5. The van der Waals surface area contributed by atoms with Gasteiger partial charge in [-0.05, 0) is 36.6 Å². The fraction of sp³-hybridized carbons (Fsp3) is 0.333. The van der Waals surface area contributed by atoms with Gasteiger partial charge in [0.05, 0.1) is 24.6 Å². The van der Waals surface area contributed by atoms with E-state index < -0.39 is 29.7 Å². The number of anilines is 1. The number of nitrogens with zero attached hydrogens (tertiary/aromatic N) is 3. The largest absolute Gasteiger partial charge is 0.496 e. The van der Waals surface area contributed by atoms with Crippen molar-refractivity contribution in [2.24, 2.45) is 11.7 Å². The molecule has 3 atom stereocenters. The van der Waals surface area contributed by atoms with Crippen LogP contribution in [0.5, 0.6) is 5.75 Å². The molecule has 1 aliphatic heterocycles. The van der Waals surface area contributed by atoms with E-state index in [0.717, 1.165) is 11.6 Å². The molecule has 1 saturated carbocycles. The zero-order valence-electron chi connectivity index (χ0n) is 21.2. The molecule has 0 bridgehead atoms. The Labute approximate surface area is 222 Å². The van der Waals surface area contributed by atoms with Crippen LogP contribution in [-0.2, 0) is 11.3 Å². The molecule has 5 N–H and O–H groups in total. The second-order valence-corrected chi connectivity index (χ2v) is 9.73. The van der Waals surface area contributed by atoms with Crippen LogP contribution in [-0.4, -0.2) is 58.8 Å². The lowest BCUT2D eigenvalue weighted by atomic mass is 10.0. The molecule has 10 nitrogen and oxygen atoms in total. The molecule has 1 saturated heterocycles. The first-order chi connectivity index (χ1) is 18.7. The molecular weight excluding hydrogens is 510 g/mol. The minimum Gasteiger partial charge on any atom is -0.496 e. The lowest BCUT2D eigenvalue weighted by molar-refractivity contribution is -0.132. The van der Waals surface area contributed by atoms with Crippen molar-refractivity contribution in [1.82, 2.24) is 20.0 Å². The number of amides is 3. The first kappa shape index (κ1) is 26.1. The molecule has 5 rings (SSSR count). The van der Waals surface area contributed by atoms with Crippen molar-refractivity contribution in [2.45, 2.75) is 31.6 Å². The number of rotatable bonds is 8. The first-order valence-electron chi connectivity index (χ1n) is 12.5. The summed E-state index contributed by atoms with van der Waals surface area (Å²) in [7, 11) is 1.40. The summed E-state index contributed by atoms with van der Waals surface area (Å²) in [5.74, 6) is -2.19. The standard InChI is InChI=1S/C27H28F2N6O4/c1-39-21-7-6-16(28)10-19(21)26(37)32-12-14-2-4-15(5-3-14)23-22(25(31)36)24(30)35(33-23)17-8-9-34(13-17)27(38)18-11-20(18)29/h2-7,10,17-18,20H,8-9,11-13,30H2,1H3,(H2,31,36)(H,32,37)/t17-,18+,20+/m0/s1. The zero-order valence-corrected chi connectivity index (χ0v) is 21.2. The second-order valence-electron chi connectivity index (χ2n) is 9.73. The van der Waals surface area contributed by atoms with Crippen LogP contribution >= 0.6 is 0 Å². The summed E-state index contributed by atoms with van der Waals surface area (Å²) in [4.78, 5) is 38.9. The molecule has 0 radical (unpaired) electrons. The van der Waals surface area contributed by atoms with Crippen LogP contribution in [0.25, 0.3) is 11.3 Å². The van der Waals surface area contributed by atoms with Crippen molar-refractivity contribution >= 4 is 23.5 Å². The van der Waals surface area contributed by atoms with Gasteiger partial charge in [0.15, 0.2) is 0 Å². The number of nitrogen functional groups attached to an aromatic ring is 1. The van der Waals surface area contributed by atoms with E-state index in [1.165, 1.54) is 23.9 Å². The summed E-state index contributed by atoms with van der Waals surface area (Å²) in [6, 6.07) is 10.4. The molecule has 2 aliphatic rings. The molecule has 12 heteroatoms. The van der Waals surface area contributed by atoms with Crippen molar-refractivity contribution < 1.29 is 27.9 Å². The lowest BCUT2D eigenvalue weighted by Gasteiger charge is -2.17. The fourth-order valence-corrected chi connectivity index (χ4v) is 4.88. The van der Waals surface area contributed by atoms with Gasteiger partial charge in [-0.1, -0.05) is 24.3 Å². The normalized spacial score (nSPS) is 20.1. The van der Waals surface area contributed by atoms with Gasteiger partial charge in [0.25, 0.3) is 11.8 Å². The highest BCUT2D eigenvalue weighted by Gasteiger charge is 2.47. The average molecular weight is 539 g/mol. The molecule has 1 aliphatic carbocycles. The monoisotopic (exact) mass is 538 g/mol. The molecule has 3 aromatic rings. The molecule has 0 spiro atoms. The number of carbonyl (C=O) groups excluding carboxylic acids is 3. The van der Waals surface area contributed by atoms with Crippen molar-refractivity contribution in [3.8, 4) is 17.0 Å². The van der Waals surface area contributed by atoms with Crippen LogP contribution in [0.4, 0.5) is 14.6 Å². The van der Waals surface area contributed by atoms with E-state index >= 15 is 0 Å². The quantitative estimate of drug-likeness (QED) is 0.402. The molecule has 3 amide bonds. The van der Waals surface area contributed by atoms with E-state index in [2.05, 4.69) is 10.4 Å². The number of halogens is 2. The van der Waals surface area contributed by atoms with Gasteiger partial charge in [-0.15, -0.1) is 0 Å². The summed E-state index contributed by atoms with van der Waals surface area (Å²) in [5, 5.41) is 7.31. The molecule has 2 heterocycles. The van der Waals surface area contributed by atoms with Crippen LogP contribution in [0, 0.1) is 11.7 Å². The van der Waals surface area contributed by atoms with E-state index in [4.69, 9.17) is 16.2 Å². The van der Waals surface area contributed by atoms with Gasteiger partial charge < -0.3 is 26.4 Å². The number of hydrogen-bond acceptors (Lipinski definition) is 6. The highest BCUT2D eigenvalue weighted by atomic mass is 19.1. The molecule has 2 aromatic carbocycles. The number of carbonyl (C=O) groups is 3. The van der Waals surface area contributed by atoms with Gasteiger partial charge in [-0.3, -0.25) is 14.4 Å². The topological polar surface area (TPSA) is 146 Å². The summed E-state index contributed by atoms with van der Waals surface area (Å²) in [5.41, 5.74) is 13.7. The number of aromatic nitrogens is 2. The van der Waals surface area contributed by atoms with E-state index in [-0.39, 0.29) is 47.6 Å². The highest BCUT2D eigenvalue weighted by molar-refractivity contribution is 6.03. The highest BCUT2D eigenvalue weighted by Crippen LogP contribution is 2.38. The molecule has 2 fully saturated rings. The second kappa shape index (κ2) is 10.4. The number of nitrogens with one attached hydrogen (secondary N) is 1. The SMILES string of the molecule is COc1ccc(F)cc1C(=O)NCc1ccc(-c2nn([C@H]3CCN(C(=O)[C@@H]4C[C@H]4F)C3)c(N)c2C(N)=O)cc1. The number of likely N-dealkylation sites (tertiary alicyclic amines) is 1. The predicted octanol–water partition coefficient (Wildman–Crippen LogP) is 2.44. The Balaban J connectivity index is 1.31. The van der Waals surface area contributed by atoms with Crippen LogP contribution in [0.15, 0.2) is 42.5 Å². The van der Waals surface area contributed by atoms with Crippen LogP contribution in [0.2, 0.25) is 0 Å². The Morgan fingerprint density at radius 2 is 1.90 bits per heavy atom. The third-order valence-electron chi connectivity index (χ3n) is 7.13. The maximum Gasteiger partial charge on any atom is 0.255 e. The van der Waals surface area contributed by atoms with E-state index in [1.807, 2.05) is 0 Å². The van der Waals surface area contributed by atoms with Gasteiger partial charge in [0, 0.05) is 25.2 Å². The van der Waals surface area contributed by atoms with Crippen molar-refractivity contribution in [1.29, 1.82) is 0 Å². The lowest BCUT2D eigenvalue weighted by Crippen LogP contribution is -2.31. The van der Waals surface area contributed by atoms with Crippen molar-refractivity contribution in [3.63, 3.8) is 0 Å². The van der Waals surface area contributed by atoms with E-state index in [9.17, 15) is 23.2 Å². The number of ether oxygens (including phenoxy) is 1. The number of nitrogens with two attached hydrogens (primary N) is 2. The van der Waals surface area contributed by atoms with Gasteiger partial charge >= 0.3 is 0 Å². The van der Waals surface area contributed by atoms with Gasteiger partial charge in [0.1, 0.15) is 34.8 Å². The fourth-order valence-electron chi connectivity index (χ4n) is 4.88. The minimum atomic E-state index is -1.07. The zero-order chi connectivity index (χ0) is 27.8. The van der Waals surface area contributed by atoms with Crippen molar-refractivity contribution in [3.05, 3.63) is 65.0 Å². The van der Waals surface area contributed by atoms with Crippen LogP contribution < -0.4 is 21.5 Å². The Morgan fingerprint density at radius 3 is 2.54 bits per heavy atom. The maximum atomic E-state index is 13.6. The third-order valence-corrected chi connectivity index (χ3v) is 7.13. The molecule has 204 valence electrons. The molecular formula is C27H28F2N6O4. The third kappa shape index (κ3) is 5.14. The number of benzene rings is 2. The molecule has 1 aromatic heterocycles. The van der Waals surface area contributed by atoms with Gasteiger partial charge in [0.2, 0.25) is 5.91 Å². The summed E-state index contributed by atoms with van der Waals surface area (Å²) < 4.78 is 33.6. The summed E-state index contributed by atoms with van der Waals surface area (Å²) in [6.45, 7) is 0.931. The Hall–Kier alpha value is -4.48. The number of methoxy groups -OCH3 is 1. The number of primary amides is 1. The minimum absolute atomic E-state index is 0.0741. The Morgan fingerprint density at radius 1 is 1.18 bits per heavy atom. The van der Waals surface area contributed by atoms with Gasteiger partial charge in [-0.25, -0.2) is 13.5 Å².